The van der Waals surface area contributed by atoms with Crippen LogP contribution in [0.2, 0.25) is 0 Å². The molecular formula is C20H24FN3O7. The second-order valence-electron chi connectivity index (χ2n) is 8.79. The summed E-state index contributed by atoms with van der Waals surface area (Å²) >= 11 is 0. The van der Waals surface area contributed by atoms with Gasteiger partial charge in [-0.2, -0.15) is 0 Å². The fourth-order valence-corrected chi connectivity index (χ4v) is 4.33. The van der Waals surface area contributed by atoms with Gasteiger partial charge in [-0.3, -0.25) is 4.79 Å². The van der Waals surface area contributed by atoms with E-state index in [0.29, 0.717) is 5.69 Å². The highest BCUT2D eigenvalue weighted by Crippen LogP contribution is 2.62. The molecule has 1 aromatic carbocycles. The van der Waals surface area contributed by atoms with Crippen LogP contribution in [0.1, 0.15) is 27.2 Å². The largest absolute Gasteiger partial charge is 0.481 e. The third-order valence-corrected chi connectivity index (χ3v) is 5.46. The molecule has 2 saturated carbocycles. The normalized spacial score (nSPS) is 28.8. The SMILES string of the molecule is CC(C)(C)OC(=O)NC1(C(=O)O)CC(NC(=O)Nc2ccc(F)cc2)C2C(C(=O)O)C21. The standard InChI is InChI=1S/C20H24FN3O7/c1-19(2,3)31-18(30)24-20(16(27)28)8-11(12-13(14(12)20)15(25)26)23-17(29)22-10-6-4-9(21)5-7-10/h4-7,11-14H,8H2,1-3H3,(H,24,30)(H,25,26)(H,27,28)(H2,22,23,29). The van der Waals surface area contributed by atoms with Crippen molar-refractivity contribution in [2.24, 2.45) is 17.8 Å². The highest BCUT2D eigenvalue weighted by Gasteiger charge is 2.76. The lowest BCUT2D eigenvalue weighted by Gasteiger charge is -2.31. The van der Waals surface area contributed by atoms with E-state index < -0.39 is 64.8 Å². The Kier molecular flexibility index (Phi) is 5.55. The molecule has 0 heterocycles. The second kappa shape index (κ2) is 7.71. The molecule has 2 aliphatic rings. The molecule has 5 N–H and O–H groups in total. The highest BCUT2D eigenvalue weighted by molar-refractivity contribution is 5.92. The summed E-state index contributed by atoms with van der Waals surface area (Å²) in [5.74, 6) is -5.73. The van der Waals surface area contributed by atoms with Gasteiger partial charge in [-0.25, -0.2) is 18.8 Å². The van der Waals surface area contributed by atoms with Crippen molar-refractivity contribution in [3.63, 3.8) is 0 Å². The number of fused-ring (bicyclic) bond motifs is 1. The van der Waals surface area contributed by atoms with E-state index >= 15 is 0 Å². The first-order valence-electron chi connectivity index (χ1n) is 9.64. The zero-order valence-electron chi connectivity index (χ0n) is 17.1. The van der Waals surface area contributed by atoms with Gasteiger partial charge in [-0.15, -0.1) is 0 Å². The molecule has 5 unspecified atom stereocenters. The van der Waals surface area contributed by atoms with Crippen molar-refractivity contribution in [2.75, 3.05) is 5.32 Å². The van der Waals surface area contributed by atoms with Crippen LogP contribution in [0.15, 0.2) is 24.3 Å². The molecule has 31 heavy (non-hydrogen) atoms. The Balaban J connectivity index is 1.77. The maximum absolute atomic E-state index is 13.0. The number of carbonyl (C=O) groups is 4. The molecule has 3 amide bonds. The number of benzene rings is 1. The Bertz CT molecular complexity index is 914. The van der Waals surface area contributed by atoms with Crippen molar-refractivity contribution in [1.29, 1.82) is 0 Å². The summed E-state index contributed by atoms with van der Waals surface area (Å²) in [5.41, 5.74) is -2.48. The minimum absolute atomic E-state index is 0.211. The minimum atomic E-state index is -1.90. The molecular weight excluding hydrogens is 413 g/mol. The first-order chi connectivity index (χ1) is 14.3. The number of ether oxygens (including phenoxy) is 1. The van der Waals surface area contributed by atoms with E-state index in [1.165, 1.54) is 12.1 Å². The number of carboxylic acid groups (broad SMARTS) is 2. The van der Waals surface area contributed by atoms with E-state index in [0.717, 1.165) is 12.1 Å². The van der Waals surface area contributed by atoms with E-state index in [1.807, 2.05) is 0 Å². The van der Waals surface area contributed by atoms with Gasteiger partial charge in [0, 0.05) is 24.1 Å². The molecule has 0 aromatic heterocycles. The van der Waals surface area contributed by atoms with Gasteiger partial charge < -0.3 is 30.9 Å². The van der Waals surface area contributed by atoms with Crippen molar-refractivity contribution in [1.82, 2.24) is 10.6 Å². The van der Waals surface area contributed by atoms with Crippen LogP contribution >= 0.6 is 0 Å². The lowest BCUT2D eigenvalue weighted by atomic mass is 9.89. The zero-order chi connectivity index (χ0) is 23.1. The number of rotatable bonds is 5. The third kappa shape index (κ3) is 4.54. The van der Waals surface area contributed by atoms with Crippen LogP contribution < -0.4 is 16.0 Å². The van der Waals surface area contributed by atoms with Crippen LogP contribution in [0.5, 0.6) is 0 Å². The Morgan fingerprint density at radius 3 is 2.26 bits per heavy atom. The number of hydrogen-bond acceptors (Lipinski definition) is 5. The van der Waals surface area contributed by atoms with E-state index in [1.54, 1.807) is 20.8 Å². The van der Waals surface area contributed by atoms with Crippen molar-refractivity contribution >= 4 is 29.8 Å². The molecule has 3 rings (SSSR count). The van der Waals surface area contributed by atoms with Gasteiger partial charge >= 0.3 is 24.1 Å². The lowest BCUT2D eigenvalue weighted by molar-refractivity contribution is -0.147. The topological polar surface area (TPSA) is 154 Å². The highest BCUT2D eigenvalue weighted by atomic mass is 19.1. The number of nitrogens with one attached hydrogen (secondary N) is 3. The van der Waals surface area contributed by atoms with E-state index in [-0.39, 0.29) is 6.42 Å². The van der Waals surface area contributed by atoms with Crippen molar-refractivity contribution in [3.8, 4) is 0 Å². The molecule has 5 atom stereocenters. The maximum Gasteiger partial charge on any atom is 0.408 e. The average Bonchev–Trinajstić information content (AvgIpc) is 3.30. The quantitative estimate of drug-likeness (QED) is 0.472. The smallest absolute Gasteiger partial charge is 0.408 e. The van der Waals surface area contributed by atoms with Gasteiger partial charge in [-0.05, 0) is 51.0 Å². The van der Waals surface area contributed by atoms with Crippen LogP contribution in [-0.2, 0) is 14.3 Å². The fraction of sp³-hybridized carbons (Fsp3) is 0.500. The first kappa shape index (κ1) is 22.3. The molecule has 2 aliphatic carbocycles. The first-order valence-corrected chi connectivity index (χ1v) is 9.64. The monoisotopic (exact) mass is 437 g/mol. The second-order valence-corrected chi connectivity index (χ2v) is 8.79. The van der Waals surface area contributed by atoms with Gasteiger partial charge in [0.2, 0.25) is 0 Å². The number of amides is 3. The number of anilines is 1. The number of aliphatic carboxylic acids is 2. The number of urea groups is 1. The van der Waals surface area contributed by atoms with Gasteiger partial charge in [0.25, 0.3) is 0 Å². The third-order valence-electron chi connectivity index (χ3n) is 5.46. The van der Waals surface area contributed by atoms with Gasteiger partial charge in [0.05, 0.1) is 5.92 Å². The lowest BCUT2D eigenvalue weighted by Crippen LogP contribution is -2.58. The predicted octanol–water partition coefficient (Wildman–Crippen LogP) is 2.01. The molecule has 11 heteroatoms. The number of halogens is 1. The van der Waals surface area contributed by atoms with Crippen molar-refractivity contribution in [2.45, 2.75) is 44.4 Å². The summed E-state index contributed by atoms with van der Waals surface area (Å²) in [4.78, 5) is 48.5. The van der Waals surface area contributed by atoms with Crippen molar-refractivity contribution in [3.05, 3.63) is 30.1 Å². The molecule has 0 radical (unpaired) electrons. The Labute approximate surface area is 177 Å². The van der Waals surface area contributed by atoms with Crippen LogP contribution in [0.3, 0.4) is 0 Å². The molecule has 0 aliphatic heterocycles. The average molecular weight is 437 g/mol. The fourth-order valence-electron chi connectivity index (χ4n) is 4.33. The molecule has 1 aromatic rings. The van der Waals surface area contributed by atoms with Crippen molar-refractivity contribution < 1.29 is 38.5 Å². The summed E-state index contributed by atoms with van der Waals surface area (Å²) in [7, 11) is 0. The van der Waals surface area contributed by atoms with Crippen LogP contribution in [0.4, 0.5) is 19.7 Å². The number of carbonyl (C=O) groups excluding carboxylic acids is 2. The van der Waals surface area contributed by atoms with E-state index in [4.69, 9.17) is 4.74 Å². The number of carboxylic acids is 2. The van der Waals surface area contributed by atoms with Gasteiger partial charge in [0.1, 0.15) is 17.0 Å². The molecule has 10 nitrogen and oxygen atoms in total. The summed E-state index contributed by atoms with van der Waals surface area (Å²) in [5, 5.41) is 26.8. The van der Waals surface area contributed by atoms with Crippen LogP contribution in [-0.4, -0.2) is 51.5 Å². The number of alkyl carbamates (subject to hydrolysis) is 1. The predicted molar refractivity (Wildman–Crippen MR) is 105 cm³/mol. The molecule has 2 fully saturated rings. The Morgan fingerprint density at radius 2 is 1.74 bits per heavy atom. The van der Waals surface area contributed by atoms with Gasteiger partial charge in [-0.1, -0.05) is 0 Å². The summed E-state index contributed by atoms with van der Waals surface area (Å²) in [6.07, 6.45) is -1.20. The maximum atomic E-state index is 13.0. The summed E-state index contributed by atoms with van der Waals surface area (Å²) in [6.45, 7) is 4.83. The van der Waals surface area contributed by atoms with Crippen LogP contribution in [0.25, 0.3) is 0 Å². The Hall–Kier alpha value is -3.37. The van der Waals surface area contributed by atoms with Gasteiger partial charge in [0.15, 0.2) is 0 Å². The van der Waals surface area contributed by atoms with Crippen LogP contribution in [0, 0.1) is 23.6 Å². The Morgan fingerprint density at radius 1 is 1.13 bits per heavy atom. The minimum Gasteiger partial charge on any atom is -0.481 e. The number of hydrogen-bond donors (Lipinski definition) is 5. The molecule has 168 valence electrons. The summed E-state index contributed by atoms with van der Waals surface area (Å²) in [6, 6.07) is 3.47. The molecule has 0 bridgehead atoms. The summed E-state index contributed by atoms with van der Waals surface area (Å²) < 4.78 is 18.2. The van der Waals surface area contributed by atoms with E-state index in [9.17, 15) is 33.8 Å². The molecule has 0 spiro atoms. The van der Waals surface area contributed by atoms with E-state index in [2.05, 4.69) is 16.0 Å². The zero-order valence-corrected chi connectivity index (χ0v) is 17.1. The molecule has 0 saturated heterocycles.